The molecule has 1 aromatic heterocycles. The van der Waals surface area contributed by atoms with E-state index in [0.29, 0.717) is 18.3 Å². The van der Waals surface area contributed by atoms with Crippen LogP contribution in [-0.2, 0) is 23.4 Å². The van der Waals surface area contributed by atoms with Crippen LogP contribution < -0.4 is 5.32 Å². The number of aliphatic imine (C=N–C) groups is 1. The Kier molecular flexibility index (Phi) is 7.81. The second-order valence-electron chi connectivity index (χ2n) is 7.53. The summed E-state index contributed by atoms with van der Waals surface area (Å²) < 4.78 is 25.5. The van der Waals surface area contributed by atoms with E-state index in [0.717, 1.165) is 18.9 Å². The van der Waals surface area contributed by atoms with Gasteiger partial charge in [0.15, 0.2) is 15.8 Å². The van der Waals surface area contributed by atoms with Gasteiger partial charge in [0.25, 0.3) is 0 Å². The van der Waals surface area contributed by atoms with E-state index in [2.05, 4.69) is 27.9 Å². The van der Waals surface area contributed by atoms with Crippen LogP contribution in [0.3, 0.4) is 0 Å². The third-order valence-corrected chi connectivity index (χ3v) is 7.16. The molecule has 1 aromatic rings. The number of rotatable bonds is 5. The van der Waals surface area contributed by atoms with Crippen LogP contribution in [0, 0.1) is 5.92 Å². The first kappa shape index (κ1) is 21.5. The van der Waals surface area contributed by atoms with E-state index < -0.39 is 9.84 Å². The van der Waals surface area contributed by atoms with Crippen LogP contribution in [0.25, 0.3) is 0 Å². The molecular weight excluding hydrogens is 463 g/mol. The zero-order chi connectivity index (χ0) is 17.9. The van der Waals surface area contributed by atoms with Crippen molar-refractivity contribution in [3.05, 3.63) is 24.0 Å². The van der Waals surface area contributed by atoms with E-state index in [4.69, 9.17) is 4.99 Å². The number of nitrogens with one attached hydrogen (secondary N) is 1. The Bertz CT molecular complexity index is 711. The van der Waals surface area contributed by atoms with Crippen molar-refractivity contribution in [2.24, 2.45) is 18.0 Å². The summed E-state index contributed by atoms with van der Waals surface area (Å²) in [5.41, 5.74) is 1.23. The van der Waals surface area contributed by atoms with Gasteiger partial charge < -0.3 is 14.8 Å². The van der Waals surface area contributed by atoms with Crippen LogP contribution in [-0.4, -0.2) is 55.0 Å². The molecule has 3 rings (SSSR count). The number of nitrogens with zero attached hydrogens (tertiary/aromatic N) is 3. The van der Waals surface area contributed by atoms with Gasteiger partial charge in [0.2, 0.25) is 0 Å². The van der Waals surface area contributed by atoms with Gasteiger partial charge in [0.05, 0.1) is 18.1 Å². The molecule has 1 atom stereocenters. The number of aromatic nitrogens is 1. The number of guanidine groups is 1. The SMILES string of the molecule is CN(Cc1cccn1C)C(=NCC1CCS(=O)(=O)C1)NC1CCCC1.I. The van der Waals surface area contributed by atoms with E-state index in [1.807, 2.05) is 19.3 Å². The molecule has 0 amide bonds. The Hall–Kier alpha value is -0.770. The highest BCUT2D eigenvalue weighted by atomic mass is 127. The Morgan fingerprint density at radius 1 is 1.35 bits per heavy atom. The smallest absolute Gasteiger partial charge is 0.194 e. The zero-order valence-corrected chi connectivity index (χ0v) is 18.9. The van der Waals surface area contributed by atoms with Crippen LogP contribution in [0.15, 0.2) is 23.3 Å². The van der Waals surface area contributed by atoms with Gasteiger partial charge in [-0.2, -0.15) is 0 Å². The fraction of sp³-hybridized carbons (Fsp3) is 0.722. The highest BCUT2D eigenvalue weighted by Gasteiger charge is 2.28. The Balaban J connectivity index is 0.00000243. The molecule has 0 bridgehead atoms. The largest absolute Gasteiger partial charge is 0.354 e. The summed E-state index contributed by atoms with van der Waals surface area (Å²) in [4.78, 5) is 6.95. The second kappa shape index (κ2) is 9.43. The summed E-state index contributed by atoms with van der Waals surface area (Å²) in [6.45, 7) is 1.37. The molecule has 1 aliphatic carbocycles. The van der Waals surface area contributed by atoms with E-state index in [-0.39, 0.29) is 35.6 Å². The average molecular weight is 494 g/mol. The van der Waals surface area contributed by atoms with Gasteiger partial charge in [0.1, 0.15) is 0 Å². The van der Waals surface area contributed by atoms with Crippen molar-refractivity contribution in [1.29, 1.82) is 0 Å². The van der Waals surface area contributed by atoms with Crippen LogP contribution in [0.2, 0.25) is 0 Å². The summed E-state index contributed by atoms with van der Waals surface area (Å²) >= 11 is 0. The van der Waals surface area contributed by atoms with Crippen LogP contribution in [0.1, 0.15) is 37.8 Å². The van der Waals surface area contributed by atoms with Crippen molar-refractivity contribution in [2.45, 2.75) is 44.7 Å². The Morgan fingerprint density at radius 3 is 2.65 bits per heavy atom. The van der Waals surface area contributed by atoms with Crippen LogP contribution in [0.4, 0.5) is 0 Å². The van der Waals surface area contributed by atoms with Crippen molar-refractivity contribution in [3.63, 3.8) is 0 Å². The lowest BCUT2D eigenvalue weighted by atomic mass is 10.1. The molecule has 2 heterocycles. The summed E-state index contributed by atoms with van der Waals surface area (Å²) in [5, 5.41) is 3.61. The highest BCUT2D eigenvalue weighted by molar-refractivity contribution is 14.0. The number of sulfone groups is 1. The molecule has 1 N–H and O–H groups in total. The van der Waals surface area contributed by atoms with E-state index >= 15 is 0 Å². The second-order valence-corrected chi connectivity index (χ2v) is 9.75. The minimum atomic E-state index is -2.84. The van der Waals surface area contributed by atoms with Gasteiger partial charge in [-0.05, 0) is 37.3 Å². The third-order valence-electron chi connectivity index (χ3n) is 5.33. The Morgan fingerprint density at radius 2 is 2.08 bits per heavy atom. The predicted molar refractivity (Wildman–Crippen MR) is 117 cm³/mol. The average Bonchev–Trinajstić information content (AvgIpc) is 3.27. The highest BCUT2D eigenvalue weighted by Crippen LogP contribution is 2.20. The first-order valence-electron chi connectivity index (χ1n) is 9.26. The molecule has 8 heteroatoms. The molecule has 2 fully saturated rings. The molecule has 6 nitrogen and oxygen atoms in total. The van der Waals surface area contributed by atoms with E-state index in [1.54, 1.807) is 0 Å². The summed E-state index contributed by atoms with van der Waals surface area (Å²) in [6.07, 6.45) is 7.71. The monoisotopic (exact) mass is 494 g/mol. The van der Waals surface area contributed by atoms with Gasteiger partial charge >= 0.3 is 0 Å². The molecule has 2 aliphatic rings. The normalized spacial score (nSPS) is 23.0. The number of hydrogen-bond acceptors (Lipinski definition) is 3. The topological polar surface area (TPSA) is 66.7 Å². The molecule has 148 valence electrons. The fourth-order valence-electron chi connectivity index (χ4n) is 3.74. The molecule has 1 aliphatic heterocycles. The van der Waals surface area contributed by atoms with Crippen molar-refractivity contribution >= 4 is 39.8 Å². The molecule has 0 spiro atoms. The molecule has 26 heavy (non-hydrogen) atoms. The number of halogens is 1. The standard InChI is InChI=1S/C18H30N4O2S.HI/c1-21-10-5-8-17(21)13-22(2)18(20-16-6-3-4-7-16)19-12-15-9-11-25(23,24)14-15;/h5,8,10,15-16H,3-4,6-7,9,11-14H2,1-2H3,(H,19,20);1H. The Labute approximate surface area is 174 Å². The van der Waals surface area contributed by atoms with Gasteiger partial charge in [-0.1, -0.05) is 12.8 Å². The van der Waals surface area contributed by atoms with Crippen molar-refractivity contribution in [1.82, 2.24) is 14.8 Å². The lowest BCUT2D eigenvalue weighted by Gasteiger charge is -2.26. The van der Waals surface area contributed by atoms with E-state index in [1.165, 1.54) is 31.4 Å². The minimum absolute atomic E-state index is 0. The lowest BCUT2D eigenvalue weighted by molar-refractivity contribution is 0.442. The molecule has 0 radical (unpaired) electrons. The lowest BCUT2D eigenvalue weighted by Crippen LogP contribution is -2.43. The third kappa shape index (κ3) is 5.87. The first-order valence-corrected chi connectivity index (χ1v) is 11.1. The van der Waals surface area contributed by atoms with Gasteiger partial charge in [-0.25, -0.2) is 8.42 Å². The predicted octanol–water partition coefficient (Wildman–Crippen LogP) is 2.40. The fourth-order valence-corrected chi connectivity index (χ4v) is 5.59. The van der Waals surface area contributed by atoms with Gasteiger partial charge in [-0.3, -0.25) is 4.99 Å². The number of hydrogen-bond donors (Lipinski definition) is 1. The number of aryl methyl sites for hydroxylation is 1. The van der Waals surface area contributed by atoms with Crippen molar-refractivity contribution in [2.75, 3.05) is 25.1 Å². The molecule has 1 saturated heterocycles. The van der Waals surface area contributed by atoms with Crippen molar-refractivity contribution < 1.29 is 8.42 Å². The van der Waals surface area contributed by atoms with Gasteiger partial charge in [-0.15, -0.1) is 24.0 Å². The van der Waals surface area contributed by atoms with Crippen LogP contribution in [0.5, 0.6) is 0 Å². The maximum Gasteiger partial charge on any atom is 0.194 e. The molecular formula is C18H31IN4O2S. The maximum absolute atomic E-state index is 11.7. The zero-order valence-electron chi connectivity index (χ0n) is 15.7. The maximum atomic E-state index is 11.7. The van der Waals surface area contributed by atoms with E-state index in [9.17, 15) is 8.42 Å². The quantitative estimate of drug-likeness (QED) is 0.388. The summed E-state index contributed by atoms with van der Waals surface area (Å²) in [7, 11) is 1.26. The van der Waals surface area contributed by atoms with Gasteiger partial charge in [0, 0.05) is 38.6 Å². The first-order chi connectivity index (χ1) is 11.9. The molecule has 1 unspecified atom stereocenters. The molecule has 0 aromatic carbocycles. The molecule has 1 saturated carbocycles. The summed E-state index contributed by atoms with van der Waals surface area (Å²) in [5.74, 6) is 1.66. The van der Waals surface area contributed by atoms with Crippen LogP contribution >= 0.6 is 24.0 Å². The van der Waals surface area contributed by atoms with Crippen molar-refractivity contribution in [3.8, 4) is 0 Å². The summed E-state index contributed by atoms with van der Waals surface area (Å²) in [6, 6.07) is 4.66. The minimum Gasteiger partial charge on any atom is -0.354 e.